The van der Waals surface area contributed by atoms with E-state index in [4.69, 9.17) is 0 Å². The van der Waals surface area contributed by atoms with Gasteiger partial charge in [-0.3, -0.25) is 9.59 Å². The molecule has 0 atom stereocenters. The summed E-state index contributed by atoms with van der Waals surface area (Å²) in [6, 6.07) is 10.8. The number of hydrogen-bond donors (Lipinski definition) is 0. The highest BCUT2D eigenvalue weighted by atomic mass is 16.1. The maximum absolute atomic E-state index is 10.5. The van der Waals surface area contributed by atoms with Crippen molar-refractivity contribution in [2.75, 3.05) is 0 Å². The van der Waals surface area contributed by atoms with Crippen molar-refractivity contribution in [3.05, 3.63) is 47.5 Å². The van der Waals surface area contributed by atoms with Gasteiger partial charge in [0.2, 0.25) is 12.6 Å². The van der Waals surface area contributed by atoms with E-state index in [1.807, 2.05) is 24.3 Å². The SMILES string of the molecule is O=[C]c1cc2ccccc2cc1[C]=O. The first-order valence-corrected chi connectivity index (χ1v) is 4.14. The van der Waals surface area contributed by atoms with Crippen molar-refractivity contribution >= 4 is 23.3 Å². The number of benzene rings is 2. The molecule has 14 heavy (non-hydrogen) atoms. The standard InChI is InChI=1S/C12H6O2/c13-7-11-5-9-3-1-2-4-10(9)6-12(11)8-14/h1-6H. The van der Waals surface area contributed by atoms with Gasteiger partial charge in [-0.25, -0.2) is 0 Å². The van der Waals surface area contributed by atoms with Gasteiger partial charge < -0.3 is 0 Å². The van der Waals surface area contributed by atoms with E-state index in [0.717, 1.165) is 10.8 Å². The molecule has 2 nitrogen and oxygen atoms in total. The Kier molecular flexibility index (Phi) is 2.11. The second-order valence-corrected chi connectivity index (χ2v) is 2.95. The molecule has 2 heteroatoms. The van der Waals surface area contributed by atoms with Crippen LogP contribution in [0.1, 0.15) is 11.1 Å². The average molecular weight is 182 g/mol. The zero-order valence-corrected chi connectivity index (χ0v) is 7.28. The fraction of sp³-hybridized carbons (Fsp3) is 0. The Labute approximate surface area is 81.2 Å². The summed E-state index contributed by atoms with van der Waals surface area (Å²) in [7, 11) is 0. The van der Waals surface area contributed by atoms with E-state index < -0.39 is 0 Å². The molecule has 0 heterocycles. The Morgan fingerprint density at radius 1 is 0.786 bits per heavy atom. The fourth-order valence-corrected chi connectivity index (χ4v) is 1.41. The minimum Gasteiger partial charge on any atom is -0.285 e. The van der Waals surface area contributed by atoms with E-state index in [2.05, 4.69) is 0 Å². The molecule has 0 N–H and O–H groups in total. The molecule has 2 radical (unpaired) electrons. The summed E-state index contributed by atoms with van der Waals surface area (Å²) in [5, 5.41) is 1.84. The van der Waals surface area contributed by atoms with Crippen LogP contribution in [-0.2, 0) is 9.59 Å². The van der Waals surface area contributed by atoms with Gasteiger partial charge in [-0.15, -0.1) is 0 Å². The van der Waals surface area contributed by atoms with Crippen molar-refractivity contribution in [2.24, 2.45) is 0 Å². The van der Waals surface area contributed by atoms with Crippen LogP contribution in [0.25, 0.3) is 10.8 Å². The summed E-state index contributed by atoms with van der Waals surface area (Å²) in [5.41, 5.74) is 0.525. The van der Waals surface area contributed by atoms with Crippen LogP contribution in [0.3, 0.4) is 0 Å². The monoisotopic (exact) mass is 182 g/mol. The Hall–Kier alpha value is -1.96. The summed E-state index contributed by atoms with van der Waals surface area (Å²) < 4.78 is 0. The minimum atomic E-state index is 0.263. The van der Waals surface area contributed by atoms with Gasteiger partial charge >= 0.3 is 0 Å². The van der Waals surface area contributed by atoms with Crippen molar-refractivity contribution in [1.82, 2.24) is 0 Å². The lowest BCUT2D eigenvalue weighted by molar-refractivity contribution is 0.558. The van der Waals surface area contributed by atoms with Gasteiger partial charge in [0, 0.05) is 11.1 Å². The van der Waals surface area contributed by atoms with Gasteiger partial charge in [0.1, 0.15) is 0 Å². The molecule has 2 rings (SSSR count). The van der Waals surface area contributed by atoms with Crippen LogP contribution in [0.5, 0.6) is 0 Å². The lowest BCUT2D eigenvalue weighted by Gasteiger charge is -1.99. The van der Waals surface area contributed by atoms with Gasteiger partial charge in [-0.1, -0.05) is 24.3 Å². The highest BCUT2D eigenvalue weighted by molar-refractivity contribution is 5.98. The lowest BCUT2D eigenvalue weighted by atomic mass is 10.0. The van der Waals surface area contributed by atoms with Crippen LogP contribution in [0, 0.1) is 0 Å². The summed E-state index contributed by atoms with van der Waals surface area (Å²) >= 11 is 0. The van der Waals surface area contributed by atoms with Crippen molar-refractivity contribution in [3.8, 4) is 0 Å². The van der Waals surface area contributed by atoms with Gasteiger partial charge in [-0.05, 0) is 22.9 Å². The normalized spacial score (nSPS) is 10.0. The number of fused-ring (bicyclic) bond motifs is 1. The van der Waals surface area contributed by atoms with Crippen LogP contribution >= 0.6 is 0 Å². The minimum absolute atomic E-state index is 0.263. The highest BCUT2D eigenvalue weighted by Gasteiger charge is 2.04. The highest BCUT2D eigenvalue weighted by Crippen LogP contribution is 2.17. The largest absolute Gasteiger partial charge is 0.285 e. The van der Waals surface area contributed by atoms with Gasteiger partial charge in [-0.2, -0.15) is 0 Å². The third kappa shape index (κ3) is 1.31. The third-order valence-corrected chi connectivity index (χ3v) is 2.11. The molecule has 66 valence electrons. The predicted octanol–water partition coefficient (Wildman–Crippen LogP) is 1.76. The van der Waals surface area contributed by atoms with Gasteiger partial charge in [0.05, 0.1) is 0 Å². The first-order valence-electron chi connectivity index (χ1n) is 4.14. The summed E-state index contributed by atoms with van der Waals surface area (Å²) in [4.78, 5) is 21.1. The maximum atomic E-state index is 10.5. The van der Waals surface area contributed by atoms with E-state index in [-0.39, 0.29) is 11.1 Å². The molecule has 2 aromatic carbocycles. The Bertz CT molecular complexity index is 454. The second kappa shape index (κ2) is 3.42. The van der Waals surface area contributed by atoms with Gasteiger partial charge in [0.25, 0.3) is 0 Å². The topological polar surface area (TPSA) is 34.1 Å². The van der Waals surface area contributed by atoms with Crippen molar-refractivity contribution in [1.29, 1.82) is 0 Å². The number of hydrogen-bond acceptors (Lipinski definition) is 2. The lowest BCUT2D eigenvalue weighted by Crippen LogP contribution is -1.91. The third-order valence-electron chi connectivity index (χ3n) is 2.11. The molecule has 0 aromatic heterocycles. The molecule has 0 spiro atoms. The molecule has 0 aliphatic rings. The molecule has 0 fully saturated rings. The quantitative estimate of drug-likeness (QED) is 0.709. The Morgan fingerprint density at radius 3 is 1.57 bits per heavy atom. The van der Waals surface area contributed by atoms with Crippen LogP contribution in [-0.4, -0.2) is 12.6 Å². The zero-order chi connectivity index (χ0) is 9.97. The molecule has 0 saturated carbocycles. The molecule has 0 bridgehead atoms. The van der Waals surface area contributed by atoms with Crippen molar-refractivity contribution in [2.45, 2.75) is 0 Å². The average Bonchev–Trinajstić information content (AvgIpc) is 2.27. The van der Waals surface area contributed by atoms with E-state index in [9.17, 15) is 9.59 Å². The van der Waals surface area contributed by atoms with Crippen LogP contribution in [0.2, 0.25) is 0 Å². The van der Waals surface area contributed by atoms with E-state index in [1.165, 1.54) is 0 Å². The number of rotatable bonds is 2. The zero-order valence-electron chi connectivity index (χ0n) is 7.28. The van der Waals surface area contributed by atoms with Crippen LogP contribution in [0.15, 0.2) is 36.4 Å². The molecule has 0 amide bonds. The maximum Gasteiger partial charge on any atom is 0.234 e. The Balaban J connectivity index is 2.81. The first kappa shape index (κ1) is 8.63. The van der Waals surface area contributed by atoms with Crippen molar-refractivity contribution in [3.63, 3.8) is 0 Å². The molecule has 0 aliphatic heterocycles. The molecular weight excluding hydrogens is 176 g/mol. The smallest absolute Gasteiger partial charge is 0.234 e. The molecule has 0 unspecified atom stereocenters. The summed E-state index contributed by atoms with van der Waals surface area (Å²) in [5.74, 6) is 0. The molecule has 2 aromatic rings. The van der Waals surface area contributed by atoms with Crippen LogP contribution in [0.4, 0.5) is 0 Å². The molecule has 0 aliphatic carbocycles. The number of carbonyl (C=O) groups excluding carboxylic acids is 2. The van der Waals surface area contributed by atoms with E-state index in [1.54, 1.807) is 24.7 Å². The van der Waals surface area contributed by atoms with Gasteiger partial charge in [0.15, 0.2) is 0 Å². The Morgan fingerprint density at radius 2 is 1.21 bits per heavy atom. The summed E-state index contributed by atoms with van der Waals surface area (Å²) in [6.07, 6.45) is 3.45. The van der Waals surface area contributed by atoms with Crippen molar-refractivity contribution < 1.29 is 9.59 Å². The van der Waals surface area contributed by atoms with Crippen LogP contribution < -0.4 is 0 Å². The molecule has 0 saturated heterocycles. The second-order valence-electron chi connectivity index (χ2n) is 2.95. The summed E-state index contributed by atoms with van der Waals surface area (Å²) in [6.45, 7) is 0. The first-order chi connectivity index (χ1) is 6.85. The molecular formula is C12H6O2. The predicted molar refractivity (Wildman–Crippen MR) is 53.5 cm³/mol. The fourth-order valence-electron chi connectivity index (χ4n) is 1.41. The van der Waals surface area contributed by atoms with E-state index >= 15 is 0 Å². The van der Waals surface area contributed by atoms with E-state index in [0.29, 0.717) is 0 Å².